The molecule has 2 amide bonds. The molecule has 22 heavy (non-hydrogen) atoms. The van der Waals surface area contributed by atoms with Gasteiger partial charge < -0.3 is 16.4 Å². The van der Waals surface area contributed by atoms with Crippen molar-refractivity contribution in [3.63, 3.8) is 0 Å². The summed E-state index contributed by atoms with van der Waals surface area (Å²) in [6.07, 6.45) is 4.30. The normalized spacial score (nSPS) is 15.7. The number of anilines is 1. The maximum atomic E-state index is 12.3. The molecule has 0 atom stereocenters. The molecule has 6 heteroatoms. The predicted molar refractivity (Wildman–Crippen MR) is 90.3 cm³/mol. The van der Waals surface area contributed by atoms with Crippen molar-refractivity contribution in [2.75, 3.05) is 11.9 Å². The van der Waals surface area contributed by atoms with Gasteiger partial charge in [0, 0.05) is 17.8 Å². The first kappa shape index (κ1) is 18.5. The molecule has 4 N–H and O–H groups in total. The van der Waals surface area contributed by atoms with Gasteiger partial charge in [0.15, 0.2) is 0 Å². The van der Waals surface area contributed by atoms with E-state index in [9.17, 15) is 9.59 Å². The van der Waals surface area contributed by atoms with Crippen molar-refractivity contribution in [2.24, 2.45) is 5.73 Å². The van der Waals surface area contributed by atoms with Crippen LogP contribution >= 0.6 is 12.4 Å². The van der Waals surface area contributed by atoms with Crippen LogP contribution in [0.1, 0.15) is 49.4 Å². The molecule has 0 aromatic heterocycles. The summed E-state index contributed by atoms with van der Waals surface area (Å²) < 4.78 is 0. The van der Waals surface area contributed by atoms with Crippen molar-refractivity contribution in [3.8, 4) is 0 Å². The minimum absolute atomic E-state index is 0. The molecule has 2 rings (SSSR count). The quantitative estimate of drug-likeness (QED) is 0.777. The lowest BCUT2D eigenvalue weighted by atomic mass is 9.98. The van der Waals surface area contributed by atoms with Crippen LogP contribution in [-0.2, 0) is 4.79 Å². The first-order valence-corrected chi connectivity index (χ1v) is 7.54. The Morgan fingerprint density at radius 1 is 1.27 bits per heavy atom. The Hall–Kier alpha value is -1.59. The molecule has 0 saturated heterocycles. The molecule has 0 spiro atoms. The average Bonchev–Trinajstić information content (AvgIpc) is 2.93. The fourth-order valence-corrected chi connectivity index (χ4v) is 2.57. The molecular formula is C16H24ClN3O2. The van der Waals surface area contributed by atoms with Crippen LogP contribution in [-0.4, -0.2) is 23.9 Å². The number of amides is 2. The first-order valence-electron chi connectivity index (χ1n) is 7.54. The van der Waals surface area contributed by atoms with Crippen LogP contribution in [0.25, 0.3) is 0 Å². The Bertz CT molecular complexity index is 528. The van der Waals surface area contributed by atoms with Gasteiger partial charge in [-0.1, -0.05) is 25.8 Å². The van der Waals surface area contributed by atoms with E-state index in [0.717, 1.165) is 32.1 Å². The Kier molecular flexibility index (Phi) is 6.84. The number of nitrogens with two attached hydrogens (primary N) is 1. The highest BCUT2D eigenvalue weighted by atomic mass is 35.5. The van der Waals surface area contributed by atoms with Gasteiger partial charge >= 0.3 is 0 Å². The van der Waals surface area contributed by atoms with E-state index < -0.39 is 5.54 Å². The van der Waals surface area contributed by atoms with E-state index >= 15 is 0 Å². The maximum Gasteiger partial charge on any atom is 0.251 e. The van der Waals surface area contributed by atoms with Crippen LogP contribution in [0.3, 0.4) is 0 Å². The van der Waals surface area contributed by atoms with Crippen molar-refractivity contribution >= 4 is 29.9 Å². The van der Waals surface area contributed by atoms with E-state index in [2.05, 4.69) is 10.6 Å². The third-order valence-electron chi connectivity index (χ3n) is 3.87. The van der Waals surface area contributed by atoms with Crippen molar-refractivity contribution in [1.29, 1.82) is 0 Å². The Labute approximate surface area is 137 Å². The fourth-order valence-electron chi connectivity index (χ4n) is 2.57. The molecule has 1 aromatic carbocycles. The summed E-state index contributed by atoms with van der Waals surface area (Å²) in [5.74, 6) is -0.289. The van der Waals surface area contributed by atoms with Crippen LogP contribution < -0.4 is 16.4 Å². The molecule has 0 heterocycles. The van der Waals surface area contributed by atoms with E-state index in [1.165, 1.54) is 0 Å². The number of hydrogen-bond acceptors (Lipinski definition) is 3. The maximum absolute atomic E-state index is 12.3. The van der Waals surface area contributed by atoms with Gasteiger partial charge in [-0.25, -0.2) is 0 Å². The van der Waals surface area contributed by atoms with Gasteiger partial charge in [0.1, 0.15) is 0 Å². The number of carbonyl (C=O) groups excluding carboxylic acids is 2. The third-order valence-corrected chi connectivity index (χ3v) is 3.87. The Morgan fingerprint density at radius 3 is 2.59 bits per heavy atom. The zero-order valence-electron chi connectivity index (χ0n) is 12.9. The zero-order chi connectivity index (χ0) is 15.3. The van der Waals surface area contributed by atoms with Gasteiger partial charge in [0.2, 0.25) is 5.91 Å². The first-order chi connectivity index (χ1) is 10.0. The second kappa shape index (κ2) is 8.15. The third kappa shape index (κ3) is 4.45. The summed E-state index contributed by atoms with van der Waals surface area (Å²) in [5.41, 5.74) is 6.51. The van der Waals surface area contributed by atoms with Crippen LogP contribution in [0.5, 0.6) is 0 Å². The van der Waals surface area contributed by atoms with Gasteiger partial charge in [0.05, 0.1) is 5.54 Å². The smallest absolute Gasteiger partial charge is 0.251 e. The molecule has 122 valence electrons. The number of halogens is 1. The van der Waals surface area contributed by atoms with E-state index in [1.54, 1.807) is 24.3 Å². The summed E-state index contributed by atoms with van der Waals surface area (Å²) in [4.78, 5) is 24.2. The largest absolute Gasteiger partial charge is 0.352 e. The van der Waals surface area contributed by atoms with Crippen LogP contribution in [0, 0.1) is 0 Å². The Balaban J connectivity index is 0.00000242. The summed E-state index contributed by atoms with van der Waals surface area (Å²) in [6, 6.07) is 6.94. The van der Waals surface area contributed by atoms with Crippen LogP contribution in [0.2, 0.25) is 0 Å². The van der Waals surface area contributed by atoms with Crippen molar-refractivity contribution in [2.45, 2.75) is 44.6 Å². The molecule has 1 aromatic rings. The van der Waals surface area contributed by atoms with Gasteiger partial charge in [-0.2, -0.15) is 0 Å². The van der Waals surface area contributed by atoms with Gasteiger partial charge in [0.25, 0.3) is 5.91 Å². The predicted octanol–water partition coefficient (Wildman–Crippen LogP) is 2.46. The monoisotopic (exact) mass is 325 g/mol. The molecule has 0 aliphatic heterocycles. The topological polar surface area (TPSA) is 84.2 Å². The number of nitrogens with one attached hydrogen (secondary N) is 2. The molecule has 1 aliphatic rings. The average molecular weight is 326 g/mol. The van der Waals surface area contributed by atoms with Gasteiger partial charge in [-0.3, -0.25) is 9.59 Å². The highest BCUT2D eigenvalue weighted by molar-refractivity contribution is 6.00. The molecule has 0 unspecified atom stereocenters. The molecule has 5 nitrogen and oxygen atoms in total. The minimum atomic E-state index is -0.763. The second-order valence-corrected chi connectivity index (χ2v) is 5.65. The molecule has 0 radical (unpaired) electrons. The van der Waals surface area contributed by atoms with Crippen LogP contribution in [0.15, 0.2) is 24.3 Å². The van der Waals surface area contributed by atoms with Gasteiger partial charge in [-0.15, -0.1) is 12.4 Å². The van der Waals surface area contributed by atoms with Crippen molar-refractivity contribution < 1.29 is 9.59 Å². The number of hydrogen-bond donors (Lipinski definition) is 3. The number of benzene rings is 1. The van der Waals surface area contributed by atoms with E-state index in [-0.39, 0.29) is 24.2 Å². The Morgan fingerprint density at radius 2 is 1.95 bits per heavy atom. The van der Waals surface area contributed by atoms with Crippen molar-refractivity contribution in [3.05, 3.63) is 29.8 Å². The van der Waals surface area contributed by atoms with E-state index in [1.807, 2.05) is 6.92 Å². The molecular weight excluding hydrogens is 302 g/mol. The minimum Gasteiger partial charge on any atom is -0.352 e. The van der Waals surface area contributed by atoms with Crippen LogP contribution in [0.4, 0.5) is 5.69 Å². The SMILES string of the molecule is CCCNC(=O)c1cccc(NC(=O)C2(N)CCCC2)c1.Cl. The lowest BCUT2D eigenvalue weighted by Gasteiger charge is -2.22. The number of rotatable bonds is 5. The number of carbonyl (C=O) groups is 2. The standard InChI is InChI=1S/C16H23N3O2.ClH/c1-2-10-18-14(20)12-6-5-7-13(11-12)19-15(21)16(17)8-3-4-9-16;/h5-7,11H,2-4,8-10,17H2,1H3,(H,18,20)(H,19,21);1H. The fraction of sp³-hybridized carbons (Fsp3) is 0.500. The summed E-state index contributed by atoms with van der Waals surface area (Å²) in [7, 11) is 0. The second-order valence-electron chi connectivity index (χ2n) is 5.65. The summed E-state index contributed by atoms with van der Waals surface area (Å²) >= 11 is 0. The van der Waals surface area contributed by atoms with E-state index in [4.69, 9.17) is 5.73 Å². The van der Waals surface area contributed by atoms with Crippen molar-refractivity contribution in [1.82, 2.24) is 5.32 Å². The highest BCUT2D eigenvalue weighted by Gasteiger charge is 2.36. The summed E-state index contributed by atoms with van der Waals surface area (Å²) in [5, 5.41) is 5.65. The highest BCUT2D eigenvalue weighted by Crippen LogP contribution is 2.28. The summed E-state index contributed by atoms with van der Waals surface area (Å²) in [6.45, 7) is 2.64. The molecule has 1 fully saturated rings. The molecule has 1 saturated carbocycles. The lowest BCUT2D eigenvalue weighted by Crippen LogP contribution is -2.48. The zero-order valence-corrected chi connectivity index (χ0v) is 13.7. The molecule has 1 aliphatic carbocycles. The molecule has 0 bridgehead atoms. The van der Waals surface area contributed by atoms with Gasteiger partial charge in [-0.05, 0) is 37.5 Å². The lowest BCUT2D eigenvalue weighted by molar-refractivity contribution is -0.121. The van der Waals surface area contributed by atoms with E-state index in [0.29, 0.717) is 17.8 Å².